The second kappa shape index (κ2) is 5.80. The SMILES string of the molecule is O=c1ccc(-c2ccc(Cl)cc2)nn1C1CCCCC1. The molecule has 1 aliphatic carbocycles. The van der Waals surface area contributed by atoms with Crippen molar-refractivity contribution in [1.82, 2.24) is 9.78 Å². The van der Waals surface area contributed by atoms with Crippen LogP contribution >= 0.6 is 11.6 Å². The first kappa shape index (κ1) is 13.4. The van der Waals surface area contributed by atoms with Crippen molar-refractivity contribution in [3.63, 3.8) is 0 Å². The third kappa shape index (κ3) is 2.78. The van der Waals surface area contributed by atoms with Gasteiger partial charge in [-0.25, -0.2) is 4.68 Å². The van der Waals surface area contributed by atoms with Gasteiger partial charge < -0.3 is 0 Å². The highest BCUT2D eigenvalue weighted by atomic mass is 35.5. The summed E-state index contributed by atoms with van der Waals surface area (Å²) in [5.41, 5.74) is 1.81. The van der Waals surface area contributed by atoms with E-state index in [1.54, 1.807) is 16.8 Å². The highest BCUT2D eigenvalue weighted by molar-refractivity contribution is 6.30. The van der Waals surface area contributed by atoms with Gasteiger partial charge in [-0.15, -0.1) is 0 Å². The van der Waals surface area contributed by atoms with Gasteiger partial charge in [-0.05, 0) is 31.0 Å². The van der Waals surface area contributed by atoms with Gasteiger partial charge in [-0.2, -0.15) is 5.10 Å². The zero-order chi connectivity index (χ0) is 13.9. The average Bonchev–Trinajstić information content (AvgIpc) is 2.50. The summed E-state index contributed by atoms with van der Waals surface area (Å²) in [6, 6.07) is 11.2. The van der Waals surface area contributed by atoms with E-state index in [4.69, 9.17) is 11.6 Å². The molecule has 0 aliphatic heterocycles. The Labute approximate surface area is 123 Å². The molecule has 1 heterocycles. The largest absolute Gasteiger partial charge is 0.268 e. The van der Waals surface area contributed by atoms with E-state index in [0.29, 0.717) is 5.02 Å². The number of rotatable bonds is 2. The maximum atomic E-state index is 12.0. The summed E-state index contributed by atoms with van der Waals surface area (Å²) in [4.78, 5) is 12.0. The van der Waals surface area contributed by atoms with E-state index in [1.807, 2.05) is 24.3 Å². The fourth-order valence-corrected chi connectivity index (χ4v) is 2.91. The maximum absolute atomic E-state index is 12.0. The molecule has 0 atom stereocenters. The van der Waals surface area contributed by atoms with Crippen molar-refractivity contribution in [2.24, 2.45) is 0 Å². The second-order valence-corrected chi connectivity index (χ2v) is 5.74. The molecule has 0 amide bonds. The lowest BCUT2D eigenvalue weighted by Crippen LogP contribution is -2.28. The van der Waals surface area contributed by atoms with Gasteiger partial charge >= 0.3 is 0 Å². The summed E-state index contributed by atoms with van der Waals surface area (Å²) in [5.74, 6) is 0. The molecule has 1 fully saturated rings. The summed E-state index contributed by atoms with van der Waals surface area (Å²) >= 11 is 5.90. The van der Waals surface area contributed by atoms with Crippen LogP contribution in [0, 0.1) is 0 Å². The fraction of sp³-hybridized carbons (Fsp3) is 0.375. The lowest BCUT2D eigenvalue weighted by atomic mass is 9.95. The molecule has 0 saturated heterocycles. The second-order valence-electron chi connectivity index (χ2n) is 5.30. The van der Waals surface area contributed by atoms with Crippen molar-refractivity contribution < 1.29 is 0 Å². The van der Waals surface area contributed by atoms with E-state index in [2.05, 4.69) is 5.10 Å². The van der Waals surface area contributed by atoms with E-state index in [1.165, 1.54) is 19.3 Å². The molecule has 0 bridgehead atoms. The number of benzene rings is 1. The normalized spacial score (nSPS) is 16.2. The molecule has 1 saturated carbocycles. The number of nitrogens with zero attached hydrogens (tertiary/aromatic N) is 2. The van der Waals surface area contributed by atoms with Crippen molar-refractivity contribution in [3.8, 4) is 11.3 Å². The number of aromatic nitrogens is 2. The van der Waals surface area contributed by atoms with Crippen LogP contribution in [0.1, 0.15) is 38.1 Å². The molecule has 1 aliphatic rings. The molecule has 2 aromatic rings. The van der Waals surface area contributed by atoms with E-state index < -0.39 is 0 Å². The van der Waals surface area contributed by atoms with Gasteiger partial charge in [0, 0.05) is 16.7 Å². The van der Waals surface area contributed by atoms with Crippen molar-refractivity contribution in [2.45, 2.75) is 38.1 Å². The Kier molecular flexibility index (Phi) is 3.88. The summed E-state index contributed by atoms with van der Waals surface area (Å²) in [6.45, 7) is 0. The highest BCUT2D eigenvalue weighted by Crippen LogP contribution is 2.27. The van der Waals surface area contributed by atoms with Gasteiger partial charge in [0.05, 0.1) is 11.7 Å². The predicted octanol–water partition coefficient (Wildman–Crippen LogP) is 4.07. The van der Waals surface area contributed by atoms with Crippen LogP contribution in [0.15, 0.2) is 41.2 Å². The lowest BCUT2D eigenvalue weighted by molar-refractivity contribution is 0.319. The van der Waals surface area contributed by atoms with Crippen molar-refractivity contribution >= 4 is 11.6 Å². The first-order valence-corrected chi connectivity index (χ1v) is 7.48. The van der Waals surface area contributed by atoms with E-state index >= 15 is 0 Å². The van der Waals surface area contributed by atoms with Gasteiger partial charge in [0.25, 0.3) is 5.56 Å². The van der Waals surface area contributed by atoms with Crippen LogP contribution in [0.2, 0.25) is 5.02 Å². The summed E-state index contributed by atoms with van der Waals surface area (Å²) in [7, 11) is 0. The Morgan fingerprint density at radius 2 is 1.70 bits per heavy atom. The number of hydrogen-bond donors (Lipinski definition) is 0. The van der Waals surface area contributed by atoms with Crippen LogP contribution in [0.25, 0.3) is 11.3 Å². The first-order chi connectivity index (χ1) is 9.74. The first-order valence-electron chi connectivity index (χ1n) is 7.10. The quantitative estimate of drug-likeness (QED) is 0.835. The van der Waals surface area contributed by atoms with Crippen LogP contribution < -0.4 is 5.56 Å². The zero-order valence-electron chi connectivity index (χ0n) is 11.3. The molecule has 104 valence electrons. The van der Waals surface area contributed by atoms with Gasteiger partial charge in [0.2, 0.25) is 0 Å². The van der Waals surface area contributed by atoms with Crippen molar-refractivity contribution in [1.29, 1.82) is 0 Å². The molecule has 0 unspecified atom stereocenters. The molecule has 3 nitrogen and oxygen atoms in total. The third-order valence-electron chi connectivity index (χ3n) is 3.89. The summed E-state index contributed by atoms with van der Waals surface area (Å²) < 4.78 is 1.67. The molecule has 20 heavy (non-hydrogen) atoms. The Bertz CT molecular complexity index is 642. The monoisotopic (exact) mass is 288 g/mol. The molecule has 1 aromatic heterocycles. The molecule has 3 rings (SSSR count). The minimum Gasteiger partial charge on any atom is -0.268 e. The van der Waals surface area contributed by atoms with E-state index in [-0.39, 0.29) is 11.6 Å². The van der Waals surface area contributed by atoms with Crippen LogP contribution in [0.4, 0.5) is 0 Å². The molecule has 1 aromatic carbocycles. The van der Waals surface area contributed by atoms with Crippen LogP contribution in [-0.2, 0) is 0 Å². The van der Waals surface area contributed by atoms with Crippen molar-refractivity contribution in [3.05, 3.63) is 51.8 Å². The fourth-order valence-electron chi connectivity index (χ4n) is 2.79. The standard InChI is InChI=1S/C16H17ClN2O/c17-13-8-6-12(7-9-13)15-10-11-16(20)19(18-15)14-4-2-1-3-5-14/h6-11,14H,1-5H2. The lowest BCUT2D eigenvalue weighted by Gasteiger charge is -2.23. The maximum Gasteiger partial charge on any atom is 0.267 e. The van der Waals surface area contributed by atoms with Gasteiger partial charge in [0.15, 0.2) is 0 Å². The number of hydrogen-bond acceptors (Lipinski definition) is 2. The van der Waals surface area contributed by atoms with Crippen LogP contribution in [0.5, 0.6) is 0 Å². The average molecular weight is 289 g/mol. The molecule has 0 N–H and O–H groups in total. The van der Waals surface area contributed by atoms with Gasteiger partial charge in [-0.1, -0.05) is 43.0 Å². The summed E-state index contributed by atoms with van der Waals surface area (Å²) in [5, 5.41) is 5.26. The predicted molar refractivity (Wildman–Crippen MR) is 81.1 cm³/mol. The third-order valence-corrected chi connectivity index (χ3v) is 4.14. The molecule has 4 heteroatoms. The van der Waals surface area contributed by atoms with Gasteiger partial charge in [0.1, 0.15) is 0 Å². The van der Waals surface area contributed by atoms with Crippen LogP contribution in [0.3, 0.4) is 0 Å². The Morgan fingerprint density at radius 1 is 1.00 bits per heavy atom. The topological polar surface area (TPSA) is 34.9 Å². The molecule has 0 spiro atoms. The molecular weight excluding hydrogens is 272 g/mol. The van der Waals surface area contributed by atoms with Gasteiger partial charge in [-0.3, -0.25) is 4.79 Å². The Balaban J connectivity index is 1.97. The molecule has 0 radical (unpaired) electrons. The van der Waals surface area contributed by atoms with E-state index in [0.717, 1.165) is 24.1 Å². The number of halogens is 1. The minimum absolute atomic E-state index is 0.00499. The zero-order valence-corrected chi connectivity index (χ0v) is 12.0. The smallest absolute Gasteiger partial charge is 0.267 e. The molecular formula is C16H17ClN2O. The van der Waals surface area contributed by atoms with Crippen LogP contribution in [-0.4, -0.2) is 9.78 Å². The van der Waals surface area contributed by atoms with Crippen molar-refractivity contribution in [2.75, 3.05) is 0 Å². The van der Waals surface area contributed by atoms with E-state index in [9.17, 15) is 4.79 Å². The minimum atomic E-state index is -0.00499. The Morgan fingerprint density at radius 3 is 2.40 bits per heavy atom. The summed E-state index contributed by atoms with van der Waals surface area (Å²) in [6.07, 6.45) is 5.74. The highest BCUT2D eigenvalue weighted by Gasteiger charge is 2.17. The Hall–Kier alpha value is -1.61.